The molecule has 0 fully saturated rings. The number of benzene rings is 4. The van der Waals surface area contributed by atoms with Gasteiger partial charge >= 0.3 is 0 Å². The van der Waals surface area contributed by atoms with Gasteiger partial charge in [0.2, 0.25) is 0 Å². The lowest BCUT2D eigenvalue weighted by molar-refractivity contribution is 0.620. The molecule has 0 spiro atoms. The van der Waals surface area contributed by atoms with Crippen LogP contribution in [-0.2, 0) is 0 Å². The van der Waals surface area contributed by atoms with E-state index in [0.717, 1.165) is 33.1 Å². The van der Waals surface area contributed by atoms with Gasteiger partial charge in [0.05, 0.1) is 22.2 Å². The van der Waals surface area contributed by atoms with Crippen LogP contribution in [-0.4, -0.2) is 4.57 Å². The summed E-state index contributed by atoms with van der Waals surface area (Å²) in [6.45, 7) is 0. The Morgan fingerprint density at radius 2 is 1.27 bits per heavy atom. The molecule has 0 amide bonds. The molecule has 5 aromatic rings. The summed E-state index contributed by atoms with van der Waals surface area (Å²) in [6, 6.07) is 31.0. The minimum Gasteiger partial charge on any atom is -0.309 e. The number of fused-ring (bicyclic) bond motifs is 3. The molecule has 0 aliphatic rings. The molecule has 30 heavy (non-hydrogen) atoms. The second kappa shape index (κ2) is 6.88. The average Bonchev–Trinajstić information content (AvgIpc) is 3.13. The third kappa shape index (κ3) is 2.64. The van der Waals surface area contributed by atoms with Gasteiger partial charge in [0.15, 0.2) is 5.82 Å². The molecule has 1 heterocycles. The predicted octanol–water partition coefficient (Wildman–Crippen LogP) is 6.33. The van der Waals surface area contributed by atoms with Crippen molar-refractivity contribution in [3.63, 3.8) is 0 Å². The molecule has 0 saturated heterocycles. The summed E-state index contributed by atoms with van der Waals surface area (Å²) in [5, 5.41) is 20.6. The second-order valence-corrected chi connectivity index (χ2v) is 7.03. The monoisotopic (exact) mass is 387 g/mol. The van der Waals surface area contributed by atoms with Gasteiger partial charge in [-0.2, -0.15) is 10.5 Å². The summed E-state index contributed by atoms with van der Waals surface area (Å²) in [4.78, 5) is 0. The summed E-state index contributed by atoms with van der Waals surface area (Å²) >= 11 is 0. The highest BCUT2D eigenvalue weighted by atomic mass is 19.1. The normalized spacial score (nSPS) is 10.8. The smallest absolute Gasteiger partial charge is 0.158 e. The van der Waals surface area contributed by atoms with Gasteiger partial charge in [0, 0.05) is 16.5 Å². The SMILES string of the molecule is N#Cc1cc(-c2ccc3c(c2)c2ccccc2n3-c2ccccc2)cc(C#N)c1F. The summed E-state index contributed by atoms with van der Waals surface area (Å²) in [5.41, 5.74) is 4.41. The highest BCUT2D eigenvalue weighted by Gasteiger charge is 2.15. The van der Waals surface area contributed by atoms with Crippen molar-refractivity contribution in [1.29, 1.82) is 10.5 Å². The predicted molar refractivity (Wildman–Crippen MR) is 116 cm³/mol. The summed E-state index contributed by atoms with van der Waals surface area (Å²) in [7, 11) is 0. The molecule has 5 rings (SSSR count). The topological polar surface area (TPSA) is 52.5 Å². The van der Waals surface area contributed by atoms with E-state index in [1.54, 1.807) is 0 Å². The Bertz CT molecular complexity index is 1480. The standard InChI is InChI=1S/C26H14FN3/c27-26-19(15-28)12-18(13-20(26)16-29)17-10-11-25-23(14-17)22-8-4-5-9-24(22)30(25)21-6-2-1-3-7-21/h1-14H. The summed E-state index contributed by atoms with van der Waals surface area (Å²) in [6.07, 6.45) is 0. The molecule has 0 aliphatic carbocycles. The van der Waals surface area contributed by atoms with Crippen LogP contribution in [0.2, 0.25) is 0 Å². The van der Waals surface area contributed by atoms with Crippen LogP contribution in [0.25, 0.3) is 38.6 Å². The molecule has 140 valence electrons. The fourth-order valence-corrected chi connectivity index (χ4v) is 3.96. The highest BCUT2D eigenvalue weighted by Crippen LogP contribution is 2.35. The van der Waals surface area contributed by atoms with E-state index in [0.29, 0.717) is 5.56 Å². The van der Waals surface area contributed by atoms with E-state index in [2.05, 4.69) is 28.8 Å². The molecule has 0 bridgehead atoms. The van der Waals surface area contributed by atoms with Crippen LogP contribution in [0.5, 0.6) is 0 Å². The Morgan fingerprint density at radius 3 is 1.97 bits per heavy atom. The van der Waals surface area contributed by atoms with Gasteiger partial charge in [-0.3, -0.25) is 0 Å². The third-order valence-electron chi connectivity index (χ3n) is 5.33. The number of rotatable bonds is 2. The maximum absolute atomic E-state index is 14.2. The first kappa shape index (κ1) is 17.7. The van der Waals surface area contributed by atoms with Crippen LogP contribution >= 0.6 is 0 Å². The first-order valence-corrected chi connectivity index (χ1v) is 9.44. The largest absolute Gasteiger partial charge is 0.309 e. The number of hydrogen-bond donors (Lipinski definition) is 0. The van der Waals surface area contributed by atoms with Crippen LogP contribution in [0.3, 0.4) is 0 Å². The fourth-order valence-electron chi connectivity index (χ4n) is 3.96. The lowest BCUT2D eigenvalue weighted by Crippen LogP contribution is -1.93. The number of hydrogen-bond acceptors (Lipinski definition) is 2. The molecule has 0 atom stereocenters. The molecule has 0 saturated carbocycles. The first-order chi connectivity index (χ1) is 14.7. The van der Waals surface area contributed by atoms with Crippen molar-refractivity contribution in [3.05, 3.63) is 102 Å². The Kier molecular flexibility index (Phi) is 4.05. The Morgan fingerprint density at radius 1 is 0.633 bits per heavy atom. The molecule has 0 radical (unpaired) electrons. The van der Waals surface area contributed by atoms with E-state index < -0.39 is 5.82 Å². The lowest BCUT2D eigenvalue weighted by atomic mass is 9.98. The Hall–Kier alpha value is -4.41. The van der Waals surface area contributed by atoms with Gasteiger partial charge in [-0.1, -0.05) is 42.5 Å². The molecule has 1 aromatic heterocycles. The van der Waals surface area contributed by atoms with E-state index in [9.17, 15) is 14.9 Å². The van der Waals surface area contributed by atoms with Crippen LogP contribution in [0.4, 0.5) is 4.39 Å². The fraction of sp³-hybridized carbons (Fsp3) is 0. The van der Waals surface area contributed by atoms with Gasteiger partial charge in [-0.05, 0) is 53.6 Å². The molecular formula is C26H14FN3. The van der Waals surface area contributed by atoms with Crippen molar-refractivity contribution in [2.24, 2.45) is 0 Å². The minimum absolute atomic E-state index is 0.129. The van der Waals surface area contributed by atoms with Crippen molar-refractivity contribution in [2.75, 3.05) is 0 Å². The molecular weight excluding hydrogens is 373 g/mol. The number of halogens is 1. The van der Waals surface area contributed by atoms with Crippen LogP contribution < -0.4 is 0 Å². The van der Waals surface area contributed by atoms with Crippen molar-refractivity contribution >= 4 is 21.8 Å². The van der Waals surface area contributed by atoms with Crippen molar-refractivity contribution in [2.45, 2.75) is 0 Å². The summed E-state index contributed by atoms with van der Waals surface area (Å²) < 4.78 is 16.4. The van der Waals surface area contributed by atoms with E-state index in [4.69, 9.17) is 0 Å². The Labute approximate surface area is 172 Å². The maximum atomic E-state index is 14.2. The molecule has 0 aliphatic heterocycles. The molecule has 0 unspecified atom stereocenters. The highest BCUT2D eigenvalue weighted by molar-refractivity contribution is 6.10. The van der Waals surface area contributed by atoms with Gasteiger partial charge in [-0.15, -0.1) is 0 Å². The lowest BCUT2D eigenvalue weighted by Gasteiger charge is -2.08. The Balaban J connectivity index is 1.81. The summed E-state index contributed by atoms with van der Waals surface area (Å²) in [5.74, 6) is -0.773. The van der Waals surface area contributed by atoms with Gasteiger partial charge in [0.25, 0.3) is 0 Å². The second-order valence-electron chi connectivity index (χ2n) is 7.03. The van der Waals surface area contributed by atoms with Crippen molar-refractivity contribution < 1.29 is 4.39 Å². The third-order valence-corrected chi connectivity index (χ3v) is 5.33. The quantitative estimate of drug-likeness (QED) is 0.355. The van der Waals surface area contributed by atoms with Crippen LogP contribution in [0.15, 0.2) is 84.9 Å². The average molecular weight is 387 g/mol. The van der Waals surface area contributed by atoms with Crippen molar-refractivity contribution in [3.8, 4) is 29.0 Å². The van der Waals surface area contributed by atoms with E-state index in [1.165, 1.54) is 12.1 Å². The number of aromatic nitrogens is 1. The zero-order valence-electron chi connectivity index (χ0n) is 15.8. The zero-order chi connectivity index (χ0) is 20.7. The van der Waals surface area contributed by atoms with Gasteiger partial charge in [0.1, 0.15) is 12.1 Å². The van der Waals surface area contributed by atoms with Crippen molar-refractivity contribution in [1.82, 2.24) is 4.57 Å². The number of para-hydroxylation sites is 2. The van der Waals surface area contributed by atoms with Crippen LogP contribution in [0, 0.1) is 28.5 Å². The molecule has 4 heteroatoms. The molecule has 0 N–H and O–H groups in total. The molecule has 3 nitrogen and oxygen atoms in total. The minimum atomic E-state index is -0.773. The molecule has 4 aromatic carbocycles. The van der Waals surface area contributed by atoms with Gasteiger partial charge < -0.3 is 4.57 Å². The van der Waals surface area contributed by atoms with E-state index >= 15 is 0 Å². The van der Waals surface area contributed by atoms with E-state index in [-0.39, 0.29) is 11.1 Å². The maximum Gasteiger partial charge on any atom is 0.158 e. The number of nitriles is 2. The van der Waals surface area contributed by atoms with E-state index in [1.807, 2.05) is 60.7 Å². The first-order valence-electron chi connectivity index (χ1n) is 9.44. The van der Waals surface area contributed by atoms with Crippen LogP contribution in [0.1, 0.15) is 11.1 Å². The zero-order valence-corrected chi connectivity index (χ0v) is 15.8. The van der Waals surface area contributed by atoms with Gasteiger partial charge in [-0.25, -0.2) is 4.39 Å². The number of nitrogens with zero attached hydrogens (tertiary/aromatic N) is 3.